The van der Waals surface area contributed by atoms with Crippen molar-refractivity contribution in [2.24, 2.45) is 0 Å². The number of halogens is 1. The Morgan fingerprint density at radius 1 is 1.25 bits per heavy atom. The molecular formula is C12H11ClN2O4S. The number of sulfonamides is 1. The third-order valence-corrected chi connectivity index (χ3v) is 3.87. The number of pyridine rings is 1. The molecule has 8 heteroatoms. The van der Waals surface area contributed by atoms with E-state index in [9.17, 15) is 13.2 Å². The fraction of sp³-hybridized carbons (Fsp3) is 0.0833. The highest BCUT2D eigenvalue weighted by Crippen LogP contribution is 2.10. The SMILES string of the molecule is O=c1[nH]cc(S(=O)(=O)NOCc2ccccc2)cc1Cl. The zero-order valence-electron chi connectivity index (χ0n) is 10.2. The minimum Gasteiger partial charge on any atom is -0.326 e. The summed E-state index contributed by atoms with van der Waals surface area (Å²) >= 11 is 5.57. The van der Waals surface area contributed by atoms with Crippen LogP contribution >= 0.6 is 11.6 Å². The molecule has 0 saturated carbocycles. The van der Waals surface area contributed by atoms with Gasteiger partial charge in [0.2, 0.25) is 0 Å². The first-order valence-corrected chi connectivity index (χ1v) is 7.41. The Bertz CT molecular complexity index is 744. The fourth-order valence-electron chi connectivity index (χ4n) is 1.41. The van der Waals surface area contributed by atoms with Crippen LogP contribution in [0.15, 0.2) is 52.3 Å². The molecule has 0 bridgehead atoms. The van der Waals surface area contributed by atoms with Gasteiger partial charge in [-0.2, -0.15) is 0 Å². The van der Waals surface area contributed by atoms with Crippen LogP contribution in [-0.4, -0.2) is 13.4 Å². The quantitative estimate of drug-likeness (QED) is 0.817. The van der Waals surface area contributed by atoms with Crippen LogP contribution in [-0.2, 0) is 21.5 Å². The molecule has 2 rings (SSSR count). The van der Waals surface area contributed by atoms with E-state index < -0.39 is 15.6 Å². The Kier molecular flexibility index (Phi) is 4.56. The lowest BCUT2D eigenvalue weighted by molar-refractivity contribution is 0.0795. The van der Waals surface area contributed by atoms with Crippen molar-refractivity contribution in [3.63, 3.8) is 0 Å². The van der Waals surface area contributed by atoms with Crippen LogP contribution in [0.25, 0.3) is 0 Å². The highest BCUT2D eigenvalue weighted by atomic mass is 35.5. The summed E-state index contributed by atoms with van der Waals surface area (Å²) in [5.41, 5.74) is 0.255. The number of nitrogens with one attached hydrogen (secondary N) is 2. The molecule has 0 atom stereocenters. The van der Waals surface area contributed by atoms with Gasteiger partial charge in [-0.3, -0.25) is 9.63 Å². The highest BCUT2D eigenvalue weighted by molar-refractivity contribution is 7.89. The Balaban J connectivity index is 2.04. The van der Waals surface area contributed by atoms with Gasteiger partial charge < -0.3 is 4.98 Å². The van der Waals surface area contributed by atoms with Crippen LogP contribution < -0.4 is 10.4 Å². The Labute approximate surface area is 120 Å². The average molecular weight is 315 g/mol. The number of hydrogen-bond donors (Lipinski definition) is 2. The molecule has 0 aliphatic heterocycles. The molecule has 1 heterocycles. The minimum atomic E-state index is -3.90. The predicted molar refractivity (Wildman–Crippen MR) is 73.6 cm³/mol. The van der Waals surface area contributed by atoms with E-state index in [1.807, 2.05) is 23.1 Å². The summed E-state index contributed by atoms with van der Waals surface area (Å²) in [7, 11) is -3.90. The fourth-order valence-corrected chi connectivity index (χ4v) is 2.44. The van der Waals surface area contributed by atoms with Gasteiger partial charge in [0.05, 0.1) is 6.61 Å². The third-order valence-electron chi connectivity index (χ3n) is 2.39. The molecule has 2 aromatic rings. The van der Waals surface area contributed by atoms with Crippen LogP contribution in [0.2, 0.25) is 5.02 Å². The lowest BCUT2D eigenvalue weighted by Gasteiger charge is -2.07. The van der Waals surface area contributed by atoms with Gasteiger partial charge in [-0.05, 0) is 11.6 Å². The van der Waals surface area contributed by atoms with E-state index in [4.69, 9.17) is 16.4 Å². The summed E-state index contributed by atoms with van der Waals surface area (Å²) in [6.45, 7) is 0.0805. The molecule has 0 amide bonds. The van der Waals surface area contributed by atoms with Crippen LogP contribution in [0.1, 0.15) is 5.56 Å². The number of H-pyrrole nitrogens is 1. The smallest absolute Gasteiger partial charge is 0.266 e. The van der Waals surface area contributed by atoms with E-state index in [-0.39, 0.29) is 16.5 Å². The van der Waals surface area contributed by atoms with Crippen LogP contribution in [0.5, 0.6) is 0 Å². The number of rotatable bonds is 5. The summed E-state index contributed by atoms with van der Waals surface area (Å²) in [5.74, 6) is 0. The number of aromatic amines is 1. The first-order valence-electron chi connectivity index (χ1n) is 5.55. The first-order chi connectivity index (χ1) is 9.49. The molecule has 20 heavy (non-hydrogen) atoms. The van der Waals surface area contributed by atoms with Gasteiger partial charge in [-0.25, -0.2) is 8.42 Å². The molecule has 1 aromatic heterocycles. The number of benzene rings is 1. The zero-order valence-corrected chi connectivity index (χ0v) is 11.7. The van der Waals surface area contributed by atoms with E-state index >= 15 is 0 Å². The van der Waals surface area contributed by atoms with E-state index in [0.29, 0.717) is 0 Å². The molecule has 2 N–H and O–H groups in total. The van der Waals surface area contributed by atoms with Crippen molar-refractivity contribution < 1.29 is 13.3 Å². The summed E-state index contributed by atoms with van der Waals surface area (Å²) in [4.78, 5) is 20.0. The second kappa shape index (κ2) is 6.19. The minimum absolute atomic E-state index is 0.0805. The lowest BCUT2D eigenvalue weighted by Crippen LogP contribution is -2.25. The summed E-state index contributed by atoms with van der Waals surface area (Å²) in [6.07, 6.45) is 1.04. The van der Waals surface area contributed by atoms with Gasteiger partial charge in [0.15, 0.2) is 0 Å². The maximum absolute atomic E-state index is 11.9. The monoisotopic (exact) mass is 314 g/mol. The summed E-state index contributed by atoms with van der Waals surface area (Å²) < 4.78 is 23.7. The van der Waals surface area contributed by atoms with Gasteiger partial charge in [-0.15, -0.1) is 0 Å². The van der Waals surface area contributed by atoms with Crippen LogP contribution in [0, 0.1) is 0 Å². The van der Waals surface area contributed by atoms with Crippen molar-refractivity contribution in [1.29, 1.82) is 0 Å². The van der Waals surface area contributed by atoms with Crippen molar-refractivity contribution in [3.8, 4) is 0 Å². The van der Waals surface area contributed by atoms with Crippen LogP contribution in [0.4, 0.5) is 0 Å². The van der Waals surface area contributed by atoms with E-state index in [1.165, 1.54) is 0 Å². The Morgan fingerprint density at radius 3 is 2.60 bits per heavy atom. The molecule has 0 fully saturated rings. The van der Waals surface area contributed by atoms with Crippen molar-refractivity contribution >= 4 is 21.6 Å². The molecule has 0 radical (unpaired) electrons. The summed E-state index contributed by atoms with van der Waals surface area (Å²) in [6, 6.07) is 10.1. The number of aromatic nitrogens is 1. The molecule has 0 spiro atoms. The Morgan fingerprint density at radius 2 is 1.95 bits per heavy atom. The van der Waals surface area contributed by atoms with Gasteiger partial charge in [0, 0.05) is 6.20 Å². The van der Waals surface area contributed by atoms with E-state index in [1.54, 1.807) is 12.1 Å². The normalized spacial score (nSPS) is 11.4. The highest BCUT2D eigenvalue weighted by Gasteiger charge is 2.15. The zero-order chi connectivity index (χ0) is 14.6. The molecule has 106 valence electrons. The number of hydrogen-bond acceptors (Lipinski definition) is 4. The molecule has 1 aromatic carbocycles. The van der Waals surface area contributed by atoms with Gasteiger partial charge in [0.1, 0.15) is 9.92 Å². The van der Waals surface area contributed by atoms with Crippen molar-refractivity contribution in [2.45, 2.75) is 11.5 Å². The molecular weight excluding hydrogens is 304 g/mol. The largest absolute Gasteiger partial charge is 0.326 e. The average Bonchev–Trinajstić information content (AvgIpc) is 2.43. The van der Waals surface area contributed by atoms with Crippen molar-refractivity contribution in [2.75, 3.05) is 0 Å². The lowest BCUT2D eigenvalue weighted by atomic mass is 10.2. The summed E-state index contributed by atoms with van der Waals surface area (Å²) in [5, 5.41) is -0.212. The molecule has 6 nitrogen and oxygen atoms in total. The van der Waals surface area contributed by atoms with E-state index in [0.717, 1.165) is 17.8 Å². The standard InChI is InChI=1S/C12H11ClN2O4S/c13-11-6-10(7-14-12(11)16)20(17,18)15-19-8-9-4-2-1-3-5-9/h1-7,15H,8H2,(H,14,16). The van der Waals surface area contributed by atoms with Crippen molar-refractivity contribution in [3.05, 3.63) is 63.5 Å². The van der Waals surface area contributed by atoms with Gasteiger partial charge in [-0.1, -0.05) is 46.8 Å². The second-order valence-electron chi connectivity index (χ2n) is 3.87. The molecule has 0 unspecified atom stereocenters. The topological polar surface area (TPSA) is 88.3 Å². The van der Waals surface area contributed by atoms with Crippen molar-refractivity contribution in [1.82, 2.24) is 9.87 Å². The molecule has 0 aliphatic carbocycles. The maximum Gasteiger partial charge on any atom is 0.266 e. The van der Waals surface area contributed by atoms with Gasteiger partial charge in [0.25, 0.3) is 15.6 Å². The third kappa shape index (κ3) is 3.67. The van der Waals surface area contributed by atoms with Gasteiger partial charge >= 0.3 is 0 Å². The molecule has 0 saturated heterocycles. The van der Waals surface area contributed by atoms with Crippen LogP contribution in [0.3, 0.4) is 0 Å². The predicted octanol–water partition coefficient (Wildman–Crippen LogP) is 1.44. The first kappa shape index (κ1) is 14.7. The second-order valence-corrected chi connectivity index (χ2v) is 5.93. The maximum atomic E-state index is 11.9. The molecule has 0 aliphatic rings. The van der Waals surface area contributed by atoms with E-state index in [2.05, 4.69) is 4.98 Å². The Hall–Kier alpha value is -1.67.